The van der Waals surface area contributed by atoms with E-state index in [1.165, 1.54) is 4.31 Å². The third kappa shape index (κ3) is 2.64. The van der Waals surface area contributed by atoms with Crippen LogP contribution in [0.3, 0.4) is 0 Å². The monoisotopic (exact) mass is 270 g/mol. The van der Waals surface area contributed by atoms with Gasteiger partial charge in [0.25, 0.3) is 0 Å². The van der Waals surface area contributed by atoms with Gasteiger partial charge in [-0.1, -0.05) is 6.07 Å². The van der Waals surface area contributed by atoms with E-state index in [1.54, 1.807) is 24.3 Å². The fourth-order valence-electron chi connectivity index (χ4n) is 1.92. The molecule has 0 atom stereocenters. The van der Waals surface area contributed by atoms with E-state index < -0.39 is 10.0 Å². The molecule has 0 radical (unpaired) electrons. The molecule has 0 amide bonds. The number of anilines is 1. The van der Waals surface area contributed by atoms with Crippen molar-refractivity contribution in [2.24, 2.45) is 5.84 Å². The van der Waals surface area contributed by atoms with Gasteiger partial charge in [-0.2, -0.15) is 4.31 Å². The summed E-state index contributed by atoms with van der Waals surface area (Å²) < 4.78 is 26.3. The molecule has 0 aliphatic carbocycles. The predicted molar refractivity (Wildman–Crippen MR) is 70.5 cm³/mol. The van der Waals surface area contributed by atoms with E-state index >= 15 is 0 Å². The highest BCUT2D eigenvalue weighted by Gasteiger charge is 2.27. The smallest absolute Gasteiger partial charge is 0.243 e. The van der Waals surface area contributed by atoms with E-state index in [1.807, 2.05) is 7.05 Å². The molecule has 1 aromatic rings. The number of hydrogen-bond acceptors (Lipinski definition) is 5. The number of nitrogens with two attached hydrogens (primary N) is 1. The third-order valence-electron chi connectivity index (χ3n) is 3.10. The largest absolute Gasteiger partial charge is 0.324 e. The SMILES string of the molecule is CN1CCN(S(=O)(=O)c2cccc(NN)c2)CC1. The number of piperazine rings is 1. The van der Waals surface area contributed by atoms with Crippen molar-refractivity contribution >= 4 is 15.7 Å². The van der Waals surface area contributed by atoms with Crippen molar-refractivity contribution in [2.75, 3.05) is 38.7 Å². The summed E-state index contributed by atoms with van der Waals surface area (Å²) in [6.07, 6.45) is 0. The van der Waals surface area contributed by atoms with E-state index in [9.17, 15) is 8.42 Å². The highest BCUT2D eigenvalue weighted by molar-refractivity contribution is 7.89. The van der Waals surface area contributed by atoms with Crippen molar-refractivity contribution in [3.05, 3.63) is 24.3 Å². The standard InChI is InChI=1S/C11H18N4O2S/c1-14-5-7-15(8-6-14)18(16,17)11-4-2-3-10(9-11)13-12/h2-4,9,13H,5-8,12H2,1H3. The predicted octanol–water partition coefficient (Wildman–Crippen LogP) is -0.0917. The minimum Gasteiger partial charge on any atom is -0.324 e. The fraction of sp³-hybridized carbons (Fsp3) is 0.455. The van der Waals surface area contributed by atoms with E-state index in [0.717, 1.165) is 13.1 Å². The van der Waals surface area contributed by atoms with Crippen LogP contribution in [0.5, 0.6) is 0 Å². The van der Waals surface area contributed by atoms with Crippen molar-refractivity contribution in [2.45, 2.75) is 4.90 Å². The summed E-state index contributed by atoms with van der Waals surface area (Å²) in [7, 11) is -1.42. The molecule has 0 saturated carbocycles. The third-order valence-corrected chi connectivity index (χ3v) is 5.00. The zero-order valence-corrected chi connectivity index (χ0v) is 11.2. The van der Waals surface area contributed by atoms with Gasteiger partial charge in [-0.3, -0.25) is 5.84 Å². The Morgan fingerprint density at radius 2 is 1.89 bits per heavy atom. The Balaban J connectivity index is 2.24. The van der Waals surface area contributed by atoms with Gasteiger partial charge in [-0.25, -0.2) is 8.42 Å². The lowest BCUT2D eigenvalue weighted by Gasteiger charge is -2.31. The van der Waals surface area contributed by atoms with Crippen molar-refractivity contribution < 1.29 is 8.42 Å². The Morgan fingerprint density at radius 1 is 1.22 bits per heavy atom. The lowest BCUT2D eigenvalue weighted by Crippen LogP contribution is -2.47. The molecular formula is C11H18N4O2S. The van der Waals surface area contributed by atoms with Crippen LogP contribution >= 0.6 is 0 Å². The van der Waals surface area contributed by atoms with Gasteiger partial charge in [0, 0.05) is 31.9 Å². The Kier molecular flexibility index (Phi) is 3.86. The van der Waals surface area contributed by atoms with Gasteiger partial charge in [0.15, 0.2) is 0 Å². The molecule has 100 valence electrons. The van der Waals surface area contributed by atoms with Crippen LogP contribution < -0.4 is 11.3 Å². The molecule has 18 heavy (non-hydrogen) atoms. The zero-order chi connectivity index (χ0) is 13.2. The molecule has 2 rings (SSSR count). The van der Waals surface area contributed by atoms with Gasteiger partial charge in [-0.05, 0) is 25.2 Å². The Bertz CT molecular complexity index is 510. The van der Waals surface area contributed by atoms with Crippen LogP contribution in [0.2, 0.25) is 0 Å². The van der Waals surface area contributed by atoms with Crippen LogP contribution in [0, 0.1) is 0 Å². The van der Waals surface area contributed by atoms with Crippen LogP contribution in [-0.4, -0.2) is 50.8 Å². The maximum Gasteiger partial charge on any atom is 0.243 e. The molecule has 1 heterocycles. The molecule has 6 nitrogen and oxygen atoms in total. The summed E-state index contributed by atoms with van der Waals surface area (Å²) in [5.41, 5.74) is 3.05. The van der Waals surface area contributed by atoms with E-state index in [4.69, 9.17) is 5.84 Å². The summed E-state index contributed by atoms with van der Waals surface area (Å²) in [6.45, 7) is 2.57. The minimum atomic E-state index is -3.41. The molecule has 0 spiro atoms. The van der Waals surface area contributed by atoms with Gasteiger partial charge in [-0.15, -0.1) is 0 Å². The first-order valence-corrected chi connectivity index (χ1v) is 7.23. The van der Waals surface area contributed by atoms with E-state index in [2.05, 4.69) is 10.3 Å². The molecule has 1 aliphatic heterocycles. The molecular weight excluding hydrogens is 252 g/mol. The van der Waals surface area contributed by atoms with Crippen LogP contribution in [0.25, 0.3) is 0 Å². The number of likely N-dealkylation sites (N-methyl/N-ethyl adjacent to an activating group) is 1. The zero-order valence-electron chi connectivity index (χ0n) is 10.3. The van der Waals surface area contributed by atoms with Gasteiger partial charge in [0.1, 0.15) is 0 Å². The number of rotatable bonds is 3. The van der Waals surface area contributed by atoms with Gasteiger partial charge < -0.3 is 10.3 Å². The van der Waals surface area contributed by atoms with Crippen molar-refractivity contribution in [3.8, 4) is 0 Å². The molecule has 1 saturated heterocycles. The fourth-order valence-corrected chi connectivity index (χ4v) is 3.39. The molecule has 1 aliphatic rings. The molecule has 1 fully saturated rings. The number of benzene rings is 1. The summed E-state index contributed by atoms with van der Waals surface area (Å²) >= 11 is 0. The topological polar surface area (TPSA) is 78.7 Å². The number of nitrogens with one attached hydrogen (secondary N) is 1. The lowest BCUT2D eigenvalue weighted by molar-refractivity contribution is 0.222. The number of nitrogens with zero attached hydrogens (tertiary/aromatic N) is 2. The number of nitrogen functional groups attached to an aromatic ring is 1. The second-order valence-electron chi connectivity index (χ2n) is 4.38. The van der Waals surface area contributed by atoms with Gasteiger partial charge in [0.2, 0.25) is 10.0 Å². The second kappa shape index (κ2) is 5.23. The number of hydrogen-bond donors (Lipinski definition) is 2. The van der Waals surface area contributed by atoms with E-state index in [-0.39, 0.29) is 4.90 Å². The minimum absolute atomic E-state index is 0.280. The Hall–Kier alpha value is -1.15. The normalized spacial score (nSPS) is 18.8. The number of sulfonamides is 1. The first kappa shape index (κ1) is 13.3. The summed E-state index contributed by atoms with van der Waals surface area (Å²) in [5, 5.41) is 0. The molecule has 0 bridgehead atoms. The summed E-state index contributed by atoms with van der Waals surface area (Å²) in [5.74, 6) is 5.29. The first-order chi connectivity index (χ1) is 8.54. The average molecular weight is 270 g/mol. The van der Waals surface area contributed by atoms with Crippen molar-refractivity contribution in [3.63, 3.8) is 0 Å². The number of hydrazine groups is 1. The molecule has 0 unspecified atom stereocenters. The van der Waals surface area contributed by atoms with Gasteiger partial charge in [0.05, 0.1) is 4.90 Å². The average Bonchev–Trinajstić information content (AvgIpc) is 2.39. The Morgan fingerprint density at radius 3 is 2.50 bits per heavy atom. The highest BCUT2D eigenvalue weighted by Crippen LogP contribution is 2.20. The van der Waals surface area contributed by atoms with Crippen LogP contribution in [-0.2, 0) is 10.0 Å². The quantitative estimate of drug-likeness (QED) is 0.593. The van der Waals surface area contributed by atoms with Crippen molar-refractivity contribution in [1.29, 1.82) is 0 Å². The maximum atomic E-state index is 12.4. The second-order valence-corrected chi connectivity index (χ2v) is 6.32. The highest BCUT2D eigenvalue weighted by atomic mass is 32.2. The molecule has 1 aromatic carbocycles. The summed E-state index contributed by atoms with van der Waals surface area (Å²) in [6, 6.07) is 6.54. The Labute approximate surface area is 107 Å². The molecule has 0 aromatic heterocycles. The van der Waals surface area contributed by atoms with Crippen LogP contribution in [0.1, 0.15) is 0 Å². The van der Waals surface area contributed by atoms with Gasteiger partial charge >= 0.3 is 0 Å². The van der Waals surface area contributed by atoms with E-state index in [0.29, 0.717) is 18.8 Å². The van der Waals surface area contributed by atoms with Crippen LogP contribution in [0.15, 0.2) is 29.2 Å². The molecule has 7 heteroatoms. The maximum absolute atomic E-state index is 12.4. The lowest BCUT2D eigenvalue weighted by atomic mass is 10.3. The van der Waals surface area contributed by atoms with Crippen LogP contribution in [0.4, 0.5) is 5.69 Å². The summed E-state index contributed by atoms with van der Waals surface area (Å²) in [4.78, 5) is 2.40. The first-order valence-electron chi connectivity index (χ1n) is 5.79. The van der Waals surface area contributed by atoms with Crippen molar-refractivity contribution in [1.82, 2.24) is 9.21 Å². The molecule has 3 N–H and O–H groups in total.